The number of piperidine rings is 1. The van der Waals surface area contributed by atoms with Gasteiger partial charge < -0.3 is 15.7 Å². The Balaban J connectivity index is 1.95. The third-order valence-electron chi connectivity index (χ3n) is 4.71. The van der Waals surface area contributed by atoms with E-state index in [1.807, 2.05) is 0 Å². The average molecular weight is 275 g/mol. The Morgan fingerprint density at radius 1 is 1.30 bits per heavy atom. The number of nitrogen functional groups attached to an aromatic ring is 1. The highest BCUT2D eigenvalue weighted by Gasteiger charge is 2.35. The van der Waals surface area contributed by atoms with Crippen LogP contribution in [-0.2, 0) is 0 Å². The first-order chi connectivity index (χ1) is 9.68. The highest BCUT2D eigenvalue weighted by molar-refractivity contribution is 5.96. The Hall–Kier alpha value is -1.78. The Labute approximate surface area is 118 Å². The number of carboxylic acids is 1. The molecule has 1 aromatic heterocycles. The third kappa shape index (κ3) is 2.21. The molecule has 0 spiro atoms. The first-order valence-electron chi connectivity index (χ1n) is 7.43. The van der Waals surface area contributed by atoms with Crippen LogP contribution < -0.4 is 10.6 Å². The van der Waals surface area contributed by atoms with Crippen LogP contribution in [0.4, 0.5) is 11.5 Å². The molecular weight excluding hydrogens is 254 g/mol. The summed E-state index contributed by atoms with van der Waals surface area (Å²) >= 11 is 0. The van der Waals surface area contributed by atoms with E-state index in [0.29, 0.717) is 23.5 Å². The van der Waals surface area contributed by atoms with Crippen molar-refractivity contribution < 1.29 is 9.90 Å². The van der Waals surface area contributed by atoms with Crippen LogP contribution in [0.15, 0.2) is 12.3 Å². The normalized spacial score (nSPS) is 26.1. The van der Waals surface area contributed by atoms with Crippen molar-refractivity contribution in [2.24, 2.45) is 5.92 Å². The maximum absolute atomic E-state index is 11.2. The van der Waals surface area contributed by atoms with E-state index in [9.17, 15) is 9.90 Å². The molecule has 20 heavy (non-hydrogen) atoms. The number of hydrogen-bond acceptors (Lipinski definition) is 4. The van der Waals surface area contributed by atoms with Gasteiger partial charge in [-0.15, -0.1) is 0 Å². The molecule has 0 radical (unpaired) electrons. The molecule has 0 aromatic carbocycles. The van der Waals surface area contributed by atoms with Gasteiger partial charge in [0.2, 0.25) is 0 Å². The maximum atomic E-state index is 11.2. The van der Waals surface area contributed by atoms with Crippen molar-refractivity contribution >= 4 is 17.5 Å². The number of hydrogen-bond donors (Lipinski definition) is 2. The molecule has 5 nitrogen and oxygen atoms in total. The molecule has 3 rings (SSSR count). The Bertz CT molecular complexity index is 516. The van der Waals surface area contributed by atoms with Crippen LogP contribution in [0.1, 0.15) is 48.9 Å². The number of aromatic carboxylic acids is 1. The van der Waals surface area contributed by atoms with Crippen molar-refractivity contribution in [2.75, 3.05) is 17.2 Å². The summed E-state index contributed by atoms with van der Waals surface area (Å²) in [4.78, 5) is 17.8. The van der Waals surface area contributed by atoms with Crippen molar-refractivity contribution in [1.29, 1.82) is 0 Å². The standard InChI is InChI=1S/C15H21N3O2/c16-13-11(15(19)20)7-8-17-14(13)18-9-3-5-10-4-1-2-6-12(10)18/h7-8,10,12H,1-6,9,16H2,(H,19,20). The zero-order chi connectivity index (χ0) is 14.1. The first-order valence-corrected chi connectivity index (χ1v) is 7.43. The molecule has 2 heterocycles. The lowest BCUT2D eigenvalue weighted by Gasteiger charge is -2.45. The van der Waals surface area contributed by atoms with E-state index in [4.69, 9.17) is 5.73 Å². The van der Waals surface area contributed by atoms with Gasteiger partial charge in [-0.1, -0.05) is 12.8 Å². The molecule has 108 valence electrons. The lowest BCUT2D eigenvalue weighted by molar-refractivity contribution is 0.0698. The molecule has 2 aliphatic rings. The number of aromatic nitrogens is 1. The second-order valence-electron chi connectivity index (χ2n) is 5.85. The SMILES string of the molecule is Nc1c(C(=O)O)ccnc1N1CCCC2CCCCC21. The Morgan fingerprint density at radius 2 is 2.05 bits per heavy atom. The van der Waals surface area contributed by atoms with Gasteiger partial charge in [-0.3, -0.25) is 0 Å². The third-order valence-corrected chi connectivity index (χ3v) is 4.71. The number of carboxylic acid groups (broad SMARTS) is 1. The van der Waals surface area contributed by atoms with Crippen LogP contribution in [0.2, 0.25) is 0 Å². The molecule has 2 unspecified atom stereocenters. The zero-order valence-corrected chi connectivity index (χ0v) is 11.6. The van der Waals surface area contributed by atoms with Gasteiger partial charge in [0.15, 0.2) is 5.82 Å². The molecule has 1 aliphatic carbocycles. The average Bonchev–Trinajstić information content (AvgIpc) is 2.47. The fourth-order valence-electron chi connectivity index (χ4n) is 3.77. The maximum Gasteiger partial charge on any atom is 0.337 e. The van der Waals surface area contributed by atoms with Crippen molar-refractivity contribution in [1.82, 2.24) is 4.98 Å². The van der Waals surface area contributed by atoms with Gasteiger partial charge in [-0.2, -0.15) is 0 Å². The zero-order valence-electron chi connectivity index (χ0n) is 11.6. The highest BCUT2D eigenvalue weighted by Crippen LogP contribution is 2.39. The summed E-state index contributed by atoms with van der Waals surface area (Å²) in [7, 11) is 0. The van der Waals surface area contributed by atoms with Crippen LogP contribution in [0, 0.1) is 5.92 Å². The predicted octanol–water partition coefficient (Wildman–Crippen LogP) is 2.52. The lowest BCUT2D eigenvalue weighted by Crippen LogP contribution is -2.47. The number of nitrogens with zero attached hydrogens (tertiary/aromatic N) is 2. The topological polar surface area (TPSA) is 79.5 Å². The summed E-state index contributed by atoms with van der Waals surface area (Å²) in [5, 5.41) is 9.19. The second kappa shape index (κ2) is 5.31. The minimum absolute atomic E-state index is 0.160. The summed E-state index contributed by atoms with van der Waals surface area (Å²) < 4.78 is 0. The van der Waals surface area contributed by atoms with Crippen molar-refractivity contribution in [3.05, 3.63) is 17.8 Å². The van der Waals surface area contributed by atoms with Gasteiger partial charge in [0.1, 0.15) is 0 Å². The minimum atomic E-state index is -0.983. The van der Waals surface area contributed by atoms with Gasteiger partial charge in [0.05, 0.1) is 11.3 Å². The lowest BCUT2D eigenvalue weighted by atomic mass is 9.78. The van der Waals surface area contributed by atoms with Gasteiger partial charge in [0, 0.05) is 18.8 Å². The van der Waals surface area contributed by atoms with E-state index >= 15 is 0 Å². The first kappa shape index (κ1) is 13.2. The fraction of sp³-hybridized carbons (Fsp3) is 0.600. The van der Waals surface area contributed by atoms with E-state index in [1.165, 1.54) is 38.2 Å². The van der Waals surface area contributed by atoms with Gasteiger partial charge >= 0.3 is 5.97 Å². The largest absolute Gasteiger partial charge is 0.478 e. The number of pyridine rings is 1. The molecule has 2 fully saturated rings. The molecule has 3 N–H and O–H groups in total. The highest BCUT2D eigenvalue weighted by atomic mass is 16.4. The van der Waals surface area contributed by atoms with Gasteiger partial charge in [-0.25, -0.2) is 9.78 Å². The van der Waals surface area contributed by atoms with Gasteiger partial charge in [0.25, 0.3) is 0 Å². The summed E-state index contributed by atoms with van der Waals surface area (Å²) in [6, 6.07) is 1.96. The number of rotatable bonds is 2. The Morgan fingerprint density at radius 3 is 2.85 bits per heavy atom. The van der Waals surface area contributed by atoms with Crippen LogP contribution >= 0.6 is 0 Å². The molecule has 1 saturated carbocycles. The number of carbonyl (C=O) groups is 1. The van der Waals surface area contributed by atoms with Gasteiger partial charge in [-0.05, 0) is 37.7 Å². The van der Waals surface area contributed by atoms with E-state index in [0.717, 1.165) is 13.0 Å². The summed E-state index contributed by atoms with van der Waals surface area (Å²) in [6.07, 6.45) is 8.98. The molecular formula is C15H21N3O2. The molecule has 2 atom stereocenters. The predicted molar refractivity (Wildman–Crippen MR) is 77.9 cm³/mol. The monoisotopic (exact) mass is 275 g/mol. The smallest absolute Gasteiger partial charge is 0.337 e. The molecule has 0 amide bonds. The molecule has 1 saturated heterocycles. The van der Waals surface area contributed by atoms with Crippen molar-refractivity contribution in [3.8, 4) is 0 Å². The second-order valence-corrected chi connectivity index (χ2v) is 5.85. The van der Waals surface area contributed by atoms with E-state index in [-0.39, 0.29) is 5.56 Å². The summed E-state index contributed by atoms with van der Waals surface area (Å²) in [5.41, 5.74) is 6.52. The van der Waals surface area contributed by atoms with Crippen LogP contribution in [0.25, 0.3) is 0 Å². The fourth-order valence-corrected chi connectivity index (χ4v) is 3.77. The van der Waals surface area contributed by atoms with Crippen LogP contribution in [0.3, 0.4) is 0 Å². The molecule has 1 aliphatic heterocycles. The van der Waals surface area contributed by atoms with E-state index in [2.05, 4.69) is 9.88 Å². The van der Waals surface area contributed by atoms with Crippen molar-refractivity contribution in [3.63, 3.8) is 0 Å². The molecule has 0 bridgehead atoms. The van der Waals surface area contributed by atoms with E-state index < -0.39 is 5.97 Å². The minimum Gasteiger partial charge on any atom is -0.478 e. The summed E-state index contributed by atoms with van der Waals surface area (Å²) in [5.74, 6) is 0.400. The summed E-state index contributed by atoms with van der Waals surface area (Å²) in [6.45, 7) is 0.932. The van der Waals surface area contributed by atoms with Crippen molar-refractivity contribution in [2.45, 2.75) is 44.6 Å². The number of anilines is 2. The quantitative estimate of drug-likeness (QED) is 0.867. The number of nitrogens with two attached hydrogens (primary N) is 1. The Kier molecular flexibility index (Phi) is 3.51. The number of fused-ring (bicyclic) bond motifs is 1. The van der Waals surface area contributed by atoms with Crippen LogP contribution in [0.5, 0.6) is 0 Å². The van der Waals surface area contributed by atoms with E-state index in [1.54, 1.807) is 6.20 Å². The molecule has 5 heteroatoms. The van der Waals surface area contributed by atoms with Crippen LogP contribution in [-0.4, -0.2) is 28.6 Å². The molecule has 1 aromatic rings.